The van der Waals surface area contributed by atoms with Gasteiger partial charge in [0.25, 0.3) is 5.91 Å². The molecule has 0 bridgehead atoms. The van der Waals surface area contributed by atoms with Crippen molar-refractivity contribution in [2.45, 2.75) is 51.4 Å². The number of carbonyl (C=O) groups is 2. The quantitative estimate of drug-likeness (QED) is 0.599. The second kappa shape index (κ2) is 10.0. The third-order valence-corrected chi connectivity index (χ3v) is 5.14. The molecule has 3 rings (SSSR count). The minimum absolute atomic E-state index is 0.242. The molecular weight excluding hydrogens is 475 g/mol. The van der Waals surface area contributed by atoms with Crippen molar-refractivity contribution < 1.29 is 27.5 Å². The molecule has 2 heterocycles. The van der Waals surface area contributed by atoms with Gasteiger partial charge in [-0.3, -0.25) is 4.79 Å². The lowest BCUT2D eigenvalue weighted by molar-refractivity contribution is -0.141. The standard InChI is InChI=1S/C22H25ClF3N5O3/c1-21(2,3)34-20(33)31-10-8-15(9-11-31)29-19-27-12-16(17(30-19)22(24,25)26)18(32)28-14-6-4-13(23)5-7-14/h4-7,12,15H,8-11H2,1-3H3,(H,28,32)(H,27,29,30). The fourth-order valence-electron chi connectivity index (χ4n) is 3.28. The molecule has 0 unspecified atom stereocenters. The van der Waals surface area contributed by atoms with Gasteiger partial charge in [-0.1, -0.05) is 11.6 Å². The van der Waals surface area contributed by atoms with Gasteiger partial charge < -0.3 is 20.3 Å². The molecule has 1 aromatic carbocycles. The smallest absolute Gasteiger partial charge is 0.434 e. The first kappa shape index (κ1) is 25.5. The molecule has 0 aliphatic carbocycles. The number of likely N-dealkylation sites (tertiary alicyclic amines) is 1. The number of nitrogens with one attached hydrogen (secondary N) is 2. The zero-order chi connectivity index (χ0) is 25.1. The Morgan fingerprint density at radius 2 is 1.74 bits per heavy atom. The van der Waals surface area contributed by atoms with Crippen molar-refractivity contribution in [3.8, 4) is 0 Å². The zero-order valence-electron chi connectivity index (χ0n) is 18.9. The van der Waals surface area contributed by atoms with Gasteiger partial charge in [0.2, 0.25) is 5.95 Å². The third kappa shape index (κ3) is 6.96. The Balaban J connectivity index is 1.68. The van der Waals surface area contributed by atoms with Crippen LogP contribution in [0.4, 0.5) is 29.6 Å². The molecule has 12 heteroatoms. The Kier molecular flexibility index (Phi) is 7.54. The maximum atomic E-state index is 13.7. The molecule has 2 N–H and O–H groups in total. The van der Waals surface area contributed by atoms with E-state index in [0.717, 1.165) is 6.20 Å². The number of anilines is 2. The Bertz CT molecular complexity index is 1030. The van der Waals surface area contributed by atoms with Gasteiger partial charge in [0.15, 0.2) is 5.69 Å². The van der Waals surface area contributed by atoms with Gasteiger partial charge in [0.05, 0.1) is 5.56 Å². The van der Waals surface area contributed by atoms with Crippen LogP contribution in [0.3, 0.4) is 0 Å². The van der Waals surface area contributed by atoms with Crippen LogP contribution < -0.4 is 10.6 Å². The summed E-state index contributed by atoms with van der Waals surface area (Å²) in [6.45, 7) is 6.07. The maximum Gasteiger partial charge on any atom is 0.434 e. The zero-order valence-corrected chi connectivity index (χ0v) is 19.6. The molecule has 8 nitrogen and oxygen atoms in total. The average molecular weight is 500 g/mol. The van der Waals surface area contributed by atoms with Gasteiger partial charge >= 0.3 is 12.3 Å². The first-order chi connectivity index (χ1) is 15.8. The van der Waals surface area contributed by atoms with Gasteiger partial charge in [0.1, 0.15) is 5.60 Å². The minimum Gasteiger partial charge on any atom is -0.444 e. The number of carbonyl (C=O) groups excluding carboxylic acids is 2. The highest BCUT2D eigenvalue weighted by Crippen LogP contribution is 2.31. The molecule has 2 aromatic rings. The van der Waals surface area contributed by atoms with Gasteiger partial charge in [-0.2, -0.15) is 13.2 Å². The van der Waals surface area contributed by atoms with Crippen LogP contribution in [0.1, 0.15) is 49.7 Å². The lowest BCUT2D eigenvalue weighted by Gasteiger charge is -2.33. The van der Waals surface area contributed by atoms with Crippen molar-refractivity contribution in [2.75, 3.05) is 23.7 Å². The van der Waals surface area contributed by atoms with Crippen molar-refractivity contribution >= 4 is 35.2 Å². The number of ether oxygens (including phenoxy) is 1. The second-order valence-electron chi connectivity index (χ2n) is 8.80. The number of amides is 2. The third-order valence-electron chi connectivity index (χ3n) is 4.88. The monoisotopic (exact) mass is 499 g/mol. The van der Waals surface area contributed by atoms with Crippen LogP contribution in [0.5, 0.6) is 0 Å². The summed E-state index contributed by atoms with van der Waals surface area (Å²) < 4.78 is 46.3. The van der Waals surface area contributed by atoms with E-state index in [-0.39, 0.29) is 17.7 Å². The minimum atomic E-state index is -4.87. The van der Waals surface area contributed by atoms with Crippen LogP contribution in [-0.2, 0) is 10.9 Å². The summed E-state index contributed by atoms with van der Waals surface area (Å²) in [7, 11) is 0. The summed E-state index contributed by atoms with van der Waals surface area (Å²) in [6, 6.07) is 5.69. The molecule has 2 amide bonds. The number of piperidine rings is 1. The van der Waals surface area contributed by atoms with Crippen molar-refractivity contribution in [1.29, 1.82) is 0 Å². The molecule has 184 valence electrons. The summed E-state index contributed by atoms with van der Waals surface area (Å²) in [5.74, 6) is -1.24. The SMILES string of the molecule is CC(C)(C)OC(=O)N1CCC(Nc2ncc(C(=O)Nc3ccc(Cl)cc3)c(C(F)(F)F)n2)CC1. The molecule has 1 fully saturated rings. The summed E-state index contributed by atoms with van der Waals surface area (Å²) in [4.78, 5) is 33.7. The van der Waals surface area contributed by atoms with Gasteiger partial charge in [-0.25, -0.2) is 14.8 Å². The Hall–Kier alpha value is -3.08. The molecular formula is C22H25ClF3N5O3. The van der Waals surface area contributed by atoms with Crippen molar-refractivity contribution in [3.05, 3.63) is 46.7 Å². The number of nitrogens with zero attached hydrogens (tertiary/aromatic N) is 3. The summed E-state index contributed by atoms with van der Waals surface area (Å²) in [5, 5.41) is 5.68. The topological polar surface area (TPSA) is 96.5 Å². The maximum absolute atomic E-state index is 13.7. The van der Waals surface area contributed by atoms with E-state index in [1.54, 1.807) is 25.7 Å². The number of aromatic nitrogens is 2. The molecule has 1 aromatic heterocycles. The molecule has 0 radical (unpaired) electrons. The van der Waals surface area contributed by atoms with Gasteiger partial charge in [0, 0.05) is 36.0 Å². The summed E-state index contributed by atoms with van der Waals surface area (Å²) in [6.07, 6.45) is -3.51. The summed E-state index contributed by atoms with van der Waals surface area (Å²) in [5.41, 5.74) is -2.38. The van der Waals surface area contributed by atoms with E-state index in [4.69, 9.17) is 16.3 Å². The summed E-state index contributed by atoms with van der Waals surface area (Å²) >= 11 is 5.78. The van der Waals surface area contributed by atoms with Gasteiger partial charge in [-0.15, -0.1) is 0 Å². The van der Waals surface area contributed by atoms with Crippen LogP contribution >= 0.6 is 11.6 Å². The Labute approximate surface area is 199 Å². The molecule has 0 atom stereocenters. The number of hydrogen-bond donors (Lipinski definition) is 2. The van der Waals surface area contributed by atoms with Crippen LogP contribution in [0.25, 0.3) is 0 Å². The highest BCUT2D eigenvalue weighted by Gasteiger charge is 2.38. The van der Waals surface area contributed by atoms with E-state index in [9.17, 15) is 22.8 Å². The number of alkyl halides is 3. The normalized spacial score (nSPS) is 15.1. The Morgan fingerprint density at radius 3 is 2.29 bits per heavy atom. The first-order valence-electron chi connectivity index (χ1n) is 10.6. The fraction of sp³-hybridized carbons (Fsp3) is 0.455. The van der Waals surface area contributed by atoms with E-state index in [1.165, 1.54) is 24.3 Å². The van der Waals surface area contributed by atoms with E-state index >= 15 is 0 Å². The van der Waals surface area contributed by atoms with Crippen LogP contribution in [0.2, 0.25) is 5.02 Å². The predicted molar refractivity (Wildman–Crippen MR) is 121 cm³/mol. The van der Waals surface area contributed by atoms with E-state index in [2.05, 4.69) is 20.6 Å². The molecule has 34 heavy (non-hydrogen) atoms. The van der Waals surface area contributed by atoms with Crippen LogP contribution in [0, 0.1) is 0 Å². The first-order valence-corrected chi connectivity index (χ1v) is 11.0. The second-order valence-corrected chi connectivity index (χ2v) is 9.24. The fourth-order valence-corrected chi connectivity index (χ4v) is 3.41. The molecule has 1 aliphatic rings. The van der Waals surface area contributed by atoms with Crippen molar-refractivity contribution in [3.63, 3.8) is 0 Å². The lowest BCUT2D eigenvalue weighted by atomic mass is 10.1. The van der Waals surface area contributed by atoms with Crippen LogP contribution in [0.15, 0.2) is 30.5 Å². The van der Waals surface area contributed by atoms with Gasteiger partial charge in [-0.05, 0) is 57.9 Å². The predicted octanol–water partition coefficient (Wildman–Crippen LogP) is 5.21. The molecule has 0 spiro atoms. The highest BCUT2D eigenvalue weighted by molar-refractivity contribution is 6.30. The van der Waals surface area contributed by atoms with E-state index in [0.29, 0.717) is 31.0 Å². The molecule has 0 saturated carbocycles. The highest BCUT2D eigenvalue weighted by atomic mass is 35.5. The number of hydrogen-bond acceptors (Lipinski definition) is 6. The Morgan fingerprint density at radius 1 is 1.12 bits per heavy atom. The van der Waals surface area contributed by atoms with E-state index < -0.39 is 35.0 Å². The average Bonchev–Trinajstić information content (AvgIpc) is 2.74. The van der Waals surface area contributed by atoms with E-state index in [1.807, 2.05) is 0 Å². The van der Waals surface area contributed by atoms with Crippen molar-refractivity contribution in [1.82, 2.24) is 14.9 Å². The van der Waals surface area contributed by atoms with Crippen LogP contribution in [-0.4, -0.2) is 51.6 Å². The van der Waals surface area contributed by atoms with Crippen molar-refractivity contribution in [2.24, 2.45) is 0 Å². The largest absolute Gasteiger partial charge is 0.444 e. The number of benzene rings is 1. The lowest BCUT2D eigenvalue weighted by Crippen LogP contribution is -2.44. The molecule has 1 aliphatic heterocycles. The number of halogens is 4. The number of rotatable bonds is 4. The molecule has 1 saturated heterocycles.